The lowest BCUT2D eigenvalue weighted by molar-refractivity contribution is -0.155. The Hall–Kier alpha value is -2.68. The van der Waals surface area contributed by atoms with E-state index in [9.17, 15) is 5.26 Å². The van der Waals surface area contributed by atoms with Crippen LogP contribution in [0.3, 0.4) is 0 Å². The second-order valence-corrected chi connectivity index (χ2v) is 11.0. The molecule has 2 aromatic rings. The summed E-state index contributed by atoms with van der Waals surface area (Å²) < 4.78 is 29.7. The summed E-state index contributed by atoms with van der Waals surface area (Å²) in [4.78, 5) is 8.89. The molecular weight excluding hydrogens is 569 g/mol. The van der Waals surface area contributed by atoms with E-state index >= 15 is 0 Å². The van der Waals surface area contributed by atoms with E-state index in [1.807, 2.05) is 57.5 Å². The maximum atomic E-state index is 9.53. The van der Waals surface area contributed by atoms with Crippen LogP contribution in [0, 0.1) is 11.3 Å². The number of nitrogens with one attached hydrogen (secondary N) is 1. The molecule has 12 heteroatoms. The Morgan fingerprint density at radius 2 is 1.93 bits per heavy atom. The summed E-state index contributed by atoms with van der Waals surface area (Å²) in [7, 11) is 0.428. The zero-order chi connectivity index (χ0) is 32.4. The van der Waals surface area contributed by atoms with Crippen LogP contribution in [0.5, 0.6) is 0 Å². The molecule has 2 N–H and O–H groups in total. The Morgan fingerprint density at radius 3 is 2.47 bits per heavy atom. The fourth-order valence-corrected chi connectivity index (χ4v) is 4.97. The van der Waals surface area contributed by atoms with Crippen molar-refractivity contribution < 1.29 is 28.4 Å². The van der Waals surface area contributed by atoms with Crippen molar-refractivity contribution in [3.63, 3.8) is 0 Å². The Kier molecular flexibility index (Phi) is 18.1. The summed E-state index contributed by atoms with van der Waals surface area (Å²) in [6, 6.07) is 3.93. The highest BCUT2D eigenvalue weighted by molar-refractivity contribution is 7.47. The van der Waals surface area contributed by atoms with Gasteiger partial charge in [0.1, 0.15) is 30.1 Å². The van der Waals surface area contributed by atoms with Crippen molar-refractivity contribution in [1.82, 2.24) is 14.5 Å². The second kappa shape index (κ2) is 20.3. The number of hydrogen-bond donors (Lipinski definition) is 2. The molecule has 0 saturated carbocycles. The summed E-state index contributed by atoms with van der Waals surface area (Å²) >= 11 is 0. The van der Waals surface area contributed by atoms with Crippen LogP contribution >= 0.6 is 8.38 Å². The molecule has 0 spiro atoms. The minimum absolute atomic E-state index is 0.0355. The lowest BCUT2D eigenvalue weighted by atomic mass is 10.1. The van der Waals surface area contributed by atoms with Crippen LogP contribution in [0.2, 0.25) is 0 Å². The third kappa shape index (κ3) is 12.8. The van der Waals surface area contributed by atoms with Gasteiger partial charge < -0.3 is 38.2 Å². The number of aliphatic hydroxyl groups is 1. The molecule has 0 aromatic carbocycles. The van der Waals surface area contributed by atoms with Crippen molar-refractivity contribution in [3.8, 4) is 6.07 Å². The van der Waals surface area contributed by atoms with E-state index in [0.29, 0.717) is 37.6 Å². The number of methoxy groups -OCH3 is 1. The van der Waals surface area contributed by atoms with Crippen molar-refractivity contribution in [2.75, 3.05) is 38.6 Å². The van der Waals surface area contributed by atoms with Crippen LogP contribution in [0.4, 0.5) is 5.82 Å². The second-order valence-electron chi connectivity index (χ2n) is 9.55. The highest BCUT2D eigenvalue weighted by Gasteiger charge is 2.29. The van der Waals surface area contributed by atoms with Gasteiger partial charge in [0.25, 0.3) is 0 Å². The fraction of sp³-hybridized carbons (Fsp3) is 0.581. The summed E-state index contributed by atoms with van der Waals surface area (Å²) in [6.07, 6.45) is 9.18. The summed E-state index contributed by atoms with van der Waals surface area (Å²) in [6.45, 7) is 22.3. The SMILES string of the molecule is C=C/C=C(\C=C)[C@@H](C)Nc1nc(C#N)nc2c1ccn2C1CCC(COCP(OCC)OCC)O1.CC.COC(C)(C)O. The summed E-state index contributed by atoms with van der Waals surface area (Å²) in [5.41, 5.74) is 1.62. The van der Waals surface area contributed by atoms with Crippen molar-refractivity contribution >= 4 is 25.2 Å². The molecule has 240 valence electrons. The number of fused-ring (bicyclic) bond motifs is 1. The first-order valence-corrected chi connectivity index (χ1v) is 16.0. The smallest absolute Gasteiger partial charge is 0.236 e. The van der Waals surface area contributed by atoms with E-state index in [0.717, 1.165) is 23.8 Å². The standard InChI is InChI=1S/C25H34N5O4P.C4H10O2.C2H6/c1-6-10-19(7-2)18(5)27-24-21-13-14-30(25(21)29-22(15-26)28-24)23-12-11-20(34-23)16-31-17-35(32-8-3)33-9-4;1-4(2,5)6-3;1-2/h6-7,10,13-14,18,20,23H,1-2,8-9,11-12,16-17H2,3-5H3,(H,27,28,29);5H,1-3H3;1-2H3/b19-10+;;/t18-,20?,23?;;/m1../s1. The van der Waals surface area contributed by atoms with Gasteiger partial charge in [0.05, 0.1) is 31.3 Å². The normalized spacial score (nSPS) is 17.4. The minimum atomic E-state index is -1.03. The molecular formula is C31H50N5O6P. The molecule has 3 heterocycles. The molecule has 1 aliphatic rings. The molecule has 1 aliphatic heterocycles. The zero-order valence-electron chi connectivity index (χ0n) is 27.0. The van der Waals surface area contributed by atoms with E-state index in [-0.39, 0.29) is 24.2 Å². The Labute approximate surface area is 258 Å². The van der Waals surface area contributed by atoms with E-state index in [1.165, 1.54) is 7.11 Å². The van der Waals surface area contributed by atoms with Gasteiger partial charge >= 0.3 is 0 Å². The van der Waals surface area contributed by atoms with Gasteiger partial charge in [0, 0.05) is 19.3 Å². The van der Waals surface area contributed by atoms with Crippen molar-refractivity contribution in [2.45, 2.75) is 85.5 Å². The summed E-state index contributed by atoms with van der Waals surface area (Å²) in [5, 5.41) is 22.3. The number of anilines is 1. The van der Waals surface area contributed by atoms with Crippen LogP contribution < -0.4 is 5.32 Å². The van der Waals surface area contributed by atoms with Crippen LogP contribution in [0.25, 0.3) is 11.0 Å². The molecule has 0 bridgehead atoms. The molecule has 2 unspecified atom stereocenters. The molecule has 0 amide bonds. The molecule has 0 aliphatic carbocycles. The average Bonchev–Trinajstić information content (AvgIpc) is 3.64. The van der Waals surface area contributed by atoms with Gasteiger partial charge in [0.15, 0.2) is 14.2 Å². The van der Waals surface area contributed by atoms with E-state index < -0.39 is 14.2 Å². The number of rotatable bonds is 15. The third-order valence-corrected chi connectivity index (χ3v) is 7.50. The monoisotopic (exact) mass is 619 g/mol. The van der Waals surface area contributed by atoms with Crippen LogP contribution in [0.1, 0.15) is 73.4 Å². The van der Waals surface area contributed by atoms with E-state index in [2.05, 4.69) is 39.2 Å². The molecule has 0 radical (unpaired) electrons. The largest absolute Gasteiger partial charge is 0.369 e. The average molecular weight is 620 g/mol. The quantitative estimate of drug-likeness (QED) is 0.124. The maximum Gasteiger partial charge on any atom is 0.236 e. The first-order valence-electron chi connectivity index (χ1n) is 14.6. The molecule has 3 atom stereocenters. The van der Waals surface area contributed by atoms with Gasteiger partial charge in [-0.25, -0.2) is 9.97 Å². The molecule has 43 heavy (non-hydrogen) atoms. The molecule has 1 fully saturated rings. The van der Waals surface area contributed by atoms with Gasteiger partial charge in [0.2, 0.25) is 5.82 Å². The van der Waals surface area contributed by atoms with Gasteiger partial charge in [-0.15, -0.1) is 0 Å². The highest BCUT2D eigenvalue weighted by atomic mass is 31.2. The number of aromatic nitrogens is 3. The van der Waals surface area contributed by atoms with E-state index in [1.54, 1.807) is 26.0 Å². The molecule has 3 rings (SSSR count). The topological polar surface area (TPSA) is 133 Å². The first kappa shape index (κ1) is 38.3. The van der Waals surface area contributed by atoms with Gasteiger partial charge in [-0.05, 0) is 59.1 Å². The predicted molar refractivity (Wildman–Crippen MR) is 173 cm³/mol. The Balaban J connectivity index is 0.00000103. The number of nitrogens with zero attached hydrogens (tertiary/aromatic N) is 4. The Morgan fingerprint density at radius 1 is 1.28 bits per heavy atom. The molecule has 2 aromatic heterocycles. The molecule has 11 nitrogen and oxygen atoms in total. The Bertz CT molecular complexity index is 1180. The fourth-order valence-electron chi connectivity index (χ4n) is 3.91. The first-order chi connectivity index (χ1) is 20.6. The predicted octanol–water partition coefficient (Wildman–Crippen LogP) is 6.83. The van der Waals surface area contributed by atoms with Gasteiger partial charge in [-0.2, -0.15) is 5.26 Å². The van der Waals surface area contributed by atoms with E-state index in [4.69, 9.17) is 23.6 Å². The lowest BCUT2D eigenvalue weighted by Gasteiger charge is -2.19. The highest BCUT2D eigenvalue weighted by Crippen LogP contribution is 2.38. The van der Waals surface area contributed by atoms with Crippen molar-refractivity contribution in [3.05, 3.63) is 55.0 Å². The maximum absolute atomic E-state index is 9.53. The number of hydrogen-bond acceptors (Lipinski definition) is 10. The zero-order valence-corrected chi connectivity index (χ0v) is 27.9. The van der Waals surface area contributed by atoms with Gasteiger partial charge in [-0.1, -0.05) is 45.2 Å². The number of ether oxygens (including phenoxy) is 3. The molecule has 1 saturated heterocycles. The van der Waals surface area contributed by atoms with Crippen molar-refractivity contribution in [1.29, 1.82) is 5.26 Å². The van der Waals surface area contributed by atoms with Crippen LogP contribution in [-0.4, -0.2) is 70.9 Å². The minimum Gasteiger partial charge on any atom is -0.369 e. The van der Waals surface area contributed by atoms with Crippen molar-refractivity contribution in [2.24, 2.45) is 0 Å². The summed E-state index contributed by atoms with van der Waals surface area (Å²) in [5.74, 6) is -0.272. The van der Waals surface area contributed by atoms with Crippen LogP contribution in [-0.2, 0) is 23.3 Å². The lowest BCUT2D eigenvalue weighted by Crippen LogP contribution is -2.20. The van der Waals surface area contributed by atoms with Crippen LogP contribution in [0.15, 0.2) is 49.2 Å². The van der Waals surface area contributed by atoms with Gasteiger partial charge in [-0.3, -0.25) is 0 Å². The third-order valence-electron chi connectivity index (χ3n) is 6.01. The number of allylic oxidation sites excluding steroid dienone is 2. The number of nitriles is 1.